The molecule has 0 saturated carbocycles. The number of nitrogens with zero attached hydrogens (tertiary/aromatic N) is 3. The van der Waals surface area contributed by atoms with Crippen LogP contribution in [0.2, 0.25) is 5.02 Å². The van der Waals surface area contributed by atoms with Crippen molar-refractivity contribution in [1.82, 2.24) is 15.1 Å². The molecule has 2 saturated heterocycles. The summed E-state index contributed by atoms with van der Waals surface area (Å²) < 4.78 is 69.0. The van der Waals surface area contributed by atoms with Gasteiger partial charge >= 0.3 is 6.18 Å². The van der Waals surface area contributed by atoms with Gasteiger partial charge in [0.1, 0.15) is 0 Å². The Morgan fingerprint density at radius 3 is 2.48 bits per heavy atom. The minimum Gasteiger partial charge on any atom is -0.367 e. The van der Waals surface area contributed by atoms with Crippen LogP contribution in [0.4, 0.5) is 33.3 Å². The van der Waals surface area contributed by atoms with Crippen molar-refractivity contribution >= 4 is 34.8 Å². The lowest BCUT2D eigenvalue weighted by atomic mass is 9.99. The maximum Gasteiger partial charge on any atom is 0.390 e. The molecule has 2 aliphatic rings. The van der Waals surface area contributed by atoms with Gasteiger partial charge in [-0.1, -0.05) is 31.5 Å². The Labute approximate surface area is 259 Å². The molecule has 2 N–H and O–H groups in total. The first-order valence-electron chi connectivity index (χ1n) is 14.8. The number of halogens is 6. The van der Waals surface area contributed by atoms with Gasteiger partial charge in [0.2, 0.25) is 5.91 Å². The number of amides is 2. The van der Waals surface area contributed by atoms with E-state index in [9.17, 15) is 27.2 Å². The van der Waals surface area contributed by atoms with E-state index in [2.05, 4.69) is 10.6 Å². The van der Waals surface area contributed by atoms with Gasteiger partial charge < -0.3 is 15.5 Å². The van der Waals surface area contributed by atoms with Crippen molar-refractivity contribution in [3.05, 3.63) is 58.1 Å². The van der Waals surface area contributed by atoms with Gasteiger partial charge in [-0.15, -0.1) is 0 Å². The number of nitrogens with one attached hydrogen (secondary N) is 2. The molecule has 2 fully saturated rings. The van der Waals surface area contributed by atoms with Crippen molar-refractivity contribution in [3.63, 3.8) is 0 Å². The molecule has 2 amide bonds. The van der Waals surface area contributed by atoms with Crippen LogP contribution in [0.25, 0.3) is 0 Å². The van der Waals surface area contributed by atoms with Crippen LogP contribution in [0, 0.1) is 17.6 Å². The third-order valence-electron chi connectivity index (χ3n) is 8.26. The van der Waals surface area contributed by atoms with Gasteiger partial charge in [-0.25, -0.2) is 8.78 Å². The van der Waals surface area contributed by atoms with Crippen LogP contribution >= 0.6 is 11.6 Å². The molecule has 0 unspecified atom stereocenters. The van der Waals surface area contributed by atoms with E-state index in [0.717, 1.165) is 13.0 Å². The SMILES string of the molecule is CC(C)C[C@H]1CN(c2cc(Cl)ccc2NC(=O)c2ccc(CNC(=O)[C@H]3CCCN3C)c(F)c2F)CCN1CCC(F)(F)F. The Bertz CT molecular complexity index is 1340. The van der Waals surface area contributed by atoms with Crippen molar-refractivity contribution in [2.45, 2.75) is 64.3 Å². The number of carbonyl (C=O) groups is 2. The molecule has 0 spiro atoms. The summed E-state index contributed by atoms with van der Waals surface area (Å²) in [5.74, 6) is -3.46. The minimum absolute atomic E-state index is 0.0835. The van der Waals surface area contributed by atoms with E-state index in [-0.39, 0.29) is 42.6 Å². The van der Waals surface area contributed by atoms with Crippen molar-refractivity contribution < 1.29 is 31.5 Å². The van der Waals surface area contributed by atoms with Crippen LogP contribution in [-0.2, 0) is 11.3 Å². The first-order valence-corrected chi connectivity index (χ1v) is 15.2. The number of hydrogen-bond acceptors (Lipinski definition) is 5. The Morgan fingerprint density at radius 1 is 1.07 bits per heavy atom. The summed E-state index contributed by atoms with van der Waals surface area (Å²) in [4.78, 5) is 31.3. The maximum atomic E-state index is 15.1. The zero-order valence-electron chi connectivity index (χ0n) is 25.1. The van der Waals surface area contributed by atoms with E-state index in [0.29, 0.717) is 48.9 Å². The minimum atomic E-state index is -4.25. The molecule has 0 bridgehead atoms. The summed E-state index contributed by atoms with van der Waals surface area (Å²) in [5.41, 5.74) is 0.249. The van der Waals surface area contributed by atoms with Crippen LogP contribution in [0.15, 0.2) is 30.3 Å². The van der Waals surface area contributed by atoms with Crippen LogP contribution in [0.1, 0.15) is 55.5 Å². The predicted octanol–water partition coefficient (Wildman–Crippen LogP) is 6.07. The van der Waals surface area contributed by atoms with E-state index in [4.69, 9.17) is 11.6 Å². The average molecular weight is 644 g/mol. The molecule has 2 aromatic carbocycles. The smallest absolute Gasteiger partial charge is 0.367 e. The van der Waals surface area contributed by atoms with Crippen molar-refractivity contribution in [1.29, 1.82) is 0 Å². The Morgan fingerprint density at radius 2 is 1.82 bits per heavy atom. The quantitative estimate of drug-likeness (QED) is 0.308. The Hall–Kier alpha value is -2.96. The first-order chi connectivity index (χ1) is 20.7. The highest BCUT2D eigenvalue weighted by molar-refractivity contribution is 6.31. The highest BCUT2D eigenvalue weighted by atomic mass is 35.5. The molecule has 0 aliphatic carbocycles. The second kappa shape index (κ2) is 14.4. The largest absolute Gasteiger partial charge is 0.390 e. The third kappa shape index (κ3) is 8.60. The fourth-order valence-corrected chi connectivity index (χ4v) is 6.12. The van der Waals surface area contributed by atoms with Gasteiger partial charge in [0.05, 0.1) is 29.4 Å². The van der Waals surface area contributed by atoms with Crippen molar-refractivity contribution in [3.8, 4) is 0 Å². The summed E-state index contributed by atoms with van der Waals surface area (Å²) in [7, 11) is 1.83. The van der Waals surface area contributed by atoms with Gasteiger partial charge in [-0.05, 0) is 63.0 Å². The summed E-state index contributed by atoms with van der Waals surface area (Å²) in [6.07, 6.45) is -2.90. The highest BCUT2D eigenvalue weighted by Gasteiger charge is 2.34. The topological polar surface area (TPSA) is 67.9 Å². The van der Waals surface area contributed by atoms with Crippen LogP contribution in [0.3, 0.4) is 0 Å². The van der Waals surface area contributed by atoms with E-state index in [1.807, 2.05) is 35.6 Å². The average Bonchev–Trinajstić information content (AvgIpc) is 3.39. The number of hydrogen-bond donors (Lipinski definition) is 2. The number of rotatable bonds is 10. The predicted molar refractivity (Wildman–Crippen MR) is 161 cm³/mol. The second-order valence-electron chi connectivity index (χ2n) is 12.0. The fourth-order valence-electron chi connectivity index (χ4n) is 5.95. The molecule has 0 radical (unpaired) electrons. The van der Waals surface area contributed by atoms with Gasteiger partial charge in [0, 0.05) is 49.4 Å². The number of piperazine rings is 1. The summed E-state index contributed by atoms with van der Waals surface area (Å²) in [6.45, 7) is 5.64. The molecule has 13 heteroatoms. The number of carbonyl (C=O) groups excluding carboxylic acids is 2. The number of alkyl halides is 3. The van der Waals surface area contributed by atoms with E-state index < -0.39 is 35.7 Å². The fraction of sp³-hybridized carbons (Fsp3) is 0.548. The molecular formula is C31H39ClF5N5O2. The van der Waals surface area contributed by atoms with Crippen LogP contribution < -0.4 is 15.5 Å². The van der Waals surface area contributed by atoms with E-state index >= 15 is 4.39 Å². The normalized spacial score (nSPS) is 19.9. The molecule has 2 aliphatic heterocycles. The second-order valence-corrected chi connectivity index (χ2v) is 12.4. The molecular weight excluding hydrogens is 605 g/mol. The molecule has 2 heterocycles. The van der Waals surface area contributed by atoms with Gasteiger partial charge in [0.15, 0.2) is 11.6 Å². The molecule has 0 aromatic heterocycles. The summed E-state index contributed by atoms with van der Waals surface area (Å²) in [6, 6.07) is 6.71. The molecule has 7 nitrogen and oxygen atoms in total. The van der Waals surface area contributed by atoms with Crippen LogP contribution in [0.5, 0.6) is 0 Å². The van der Waals surface area contributed by atoms with E-state index in [1.54, 1.807) is 18.2 Å². The molecule has 242 valence electrons. The lowest BCUT2D eigenvalue weighted by Crippen LogP contribution is -2.54. The van der Waals surface area contributed by atoms with Crippen LogP contribution in [-0.4, -0.2) is 79.6 Å². The standard InChI is InChI=1S/C31H39ClF5N5O2/c1-19(2)15-22-18-42(14-13-41(22)12-10-31(35,36)37)26-16-21(32)7-9-24(26)39-29(43)23-8-6-20(27(33)28(23)34)17-38-30(44)25-5-4-11-40(25)3/h6-9,16,19,22,25H,4-5,10-15,17-18H2,1-3H3,(H,38,44)(H,39,43)/t22-,25+/m0/s1. The lowest BCUT2D eigenvalue weighted by molar-refractivity contribution is -0.139. The first kappa shape index (κ1) is 33.9. The maximum absolute atomic E-state index is 15.1. The van der Waals surface area contributed by atoms with Gasteiger partial charge in [-0.2, -0.15) is 13.2 Å². The zero-order valence-corrected chi connectivity index (χ0v) is 25.9. The summed E-state index contributed by atoms with van der Waals surface area (Å²) in [5, 5.41) is 5.68. The number of benzene rings is 2. The number of likely N-dealkylation sites (tertiary alicyclic amines) is 1. The summed E-state index contributed by atoms with van der Waals surface area (Å²) >= 11 is 6.29. The van der Waals surface area contributed by atoms with Gasteiger partial charge in [-0.3, -0.25) is 19.4 Å². The number of anilines is 2. The molecule has 44 heavy (non-hydrogen) atoms. The Kier molecular flexibility index (Phi) is 11.1. The Balaban J connectivity index is 1.48. The van der Waals surface area contributed by atoms with Gasteiger partial charge in [0.25, 0.3) is 5.91 Å². The monoisotopic (exact) mass is 643 g/mol. The molecule has 4 rings (SSSR count). The van der Waals surface area contributed by atoms with Crippen molar-refractivity contribution in [2.75, 3.05) is 50.0 Å². The zero-order chi connectivity index (χ0) is 32.2. The molecule has 2 aromatic rings. The highest BCUT2D eigenvalue weighted by Crippen LogP contribution is 2.33. The third-order valence-corrected chi connectivity index (χ3v) is 8.50. The number of likely N-dealkylation sites (N-methyl/N-ethyl adjacent to an activating group) is 1. The van der Waals surface area contributed by atoms with Crippen molar-refractivity contribution in [2.24, 2.45) is 5.92 Å². The lowest BCUT2D eigenvalue weighted by Gasteiger charge is -2.43. The molecule has 2 atom stereocenters. The van der Waals surface area contributed by atoms with E-state index in [1.165, 1.54) is 12.1 Å².